The fourth-order valence-electron chi connectivity index (χ4n) is 3.41. The Kier molecular flexibility index (Phi) is 2.66. The third kappa shape index (κ3) is 1.98. The average Bonchev–Trinajstić information content (AvgIpc) is 2.90. The van der Waals surface area contributed by atoms with E-state index in [0.29, 0.717) is 0 Å². The third-order valence-corrected chi connectivity index (χ3v) is 4.52. The number of pyridine rings is 1. The SMILES string of the molecule is C1=C(c2cc3ncccc3o2)C[C@@H]2CNCC[C@@H]2C1. The first-order chi connectivity index (χ1) is 9.40. The molecule has 19 heavy (non-hydrogen) atoms. The van der Waals surface area contributed by atoms with Crippen molar-refractivity contribution >= 4 is 16.7 Å². The van der Waals surface area contributed by atoms with Crippen molar-refractivity contribution in [3.63, 3.8) is 0 Å². The van der Waals surface area contributed by atoms with Gasteiger partial charge in [0, 0.05) is 12.3 Å². The number of nitrogens with zero attached hydrogens (tertiary/aromatic N) is 1. The molecule has 0 saturated carbocycles. The zero-order valence-corrected chi connectivity index (χ0v) is 10.9. The standard InChI is InChI=1S/C16H18N2O/c1-2-15-14(18-6-1)9-16(19-15)12-4-3-11-5-7-17-10-13(11)8-12/h1-2,4,6,9,11,13,17H,3,5,7-8,10H2/t11-,13+/m0/s1. The topological polar surface area (TPSA) is 38.1 Å². The summed E-state index contributed by atoms with van der Waals surface area (Å²) in [5.74, 6) is 2.65. The van der Waals surface area contributed by atoms with Crippen LogP contribution < -0.4 is 5.32 Å². The van der Waals surface area contributed by atoms with Crippen LogP contribution in [0.1, 0.15) is 25.0 Å². The first-order valence-electron chi connectivity index (χ1n) is 7.15. The average molecular weight is 254 g/mol. The third-order valence-electron chi connectivity index (χ3n) is 4.52. The van der Waals surface area contributed by atoms with Gasteiger partial charge < -0.3 is 9.73 Å². The lowest BCUT2D eigenvalue weighted by Crippen LogP contribution is -2.37. The molecule has 1 fully saturated rings. The summed E-state index contributed by atoms with van der Waals surface area (Å²) in [6.45, 7) is 2.33. The molecule has 0 amide bonds. The van der Waals surface area contributed by atoms with Gasteiger partial charge in [-0.15, -0.1) is 0 Å². The van der Waals surface area contributed by atoms with E-state index in [2.05, 4.69) is 22.4 Å². The Hall–Kier alpha value is -1.61. The van der Waals surface area contributed by atoms with Crippen LogP contribution >= 0.6 is 0 Å². The molecule has 3 heteroatoms. The number of piperidine rings is 1. The van der Waals surface area contributed by atoms with Crippen LogP contribution in [0.25, 0.3) is 16.7 Å². The van der Waals surface area contributed by atoms with Crippen LogP contribution in [0.2, 0.25) is 0 Å². The maximum atomic E-state index is 5.94. The highest BCUT2D eigenvalue weighted by molar-refractivity contribution is 5.78. The quantitative estimate of drug-likeness (QED) is 0.849. The summed E-state index contributed by atoms with van der Waals surface area (Å²) in [6.07, 6.45) is 7.85. The summed E-state index contributed by atoms with van der Waals surface area (Å²) in [7, 11) is 0. The van der Waals surface area contributed by atoms with E-state index in [1.165, 1.54) is 25.0 Å². The van der Waals surface area contributed by atoms with Gasteiger partial charge in [0.25, 0.3) is 0 Å². The number of allylic oxidation sites excluding steroid dienone is 2. The monoisotopic (exact) mass is 254 g/mol. The first-order valence-corrected chi connectivity index (χ1v) is 7.15. The molecular weight excluding hydrogens is 236 g/mol. The van der Waals surface area contributed by atoms with Gasteiger partial charge in [-0.3, -0.25) is 4.98 Å². The van der Waals surface area contributed by atoms with Crippen molar-refractivity contribution in [2.75, 3.05) is 13.1 Å². The number of fused-ring (bicyclic) bond motifs is 2. The Morgan fingerprint density at radius 1 is 1.32 bits per heavy atom. The second-order valence-electron chi connectivity index (χ2n) is 5.68. The zero-order chi connectivity index (χ0) is 12.7. The number of nitrogens with one attached hydrogen (secondary N) is 1. The van der Waals surface area contributed by atoms with Gasteiger partial charge in [-0.05, 0) is 61.9 Å². The molecule has 0 aromatic carbocycles. The molecule has 4 rings (SSSR count). The van der Waals surface area contributed by atoms with Gasteiger partial charge in [0.15, 0.2) is 5.58 Å². The van der Waals surface area contributed by atoms with Gasteiger partial charge >= 0.3 is 0 Å². The summed E-state index contributed by atoms with van der Waals surface area (Å²) in [5.41, 5.74) is 3.22. The van der Waals surface area contributed by atoms with Crippen molar-refractivity contribution in [3.05, 3.63) is 36.2 Å². The van der Waals surface area contributed by atoms with E-state index in [4.69, 9.17) is 4.42 Å². The predicted octanol–water partition coefficient (Wildman–Crippen LogP) is 3.23. The smallest absolute Gasteiger partial charge is 0.153 e. The molecule has 0 spiro atoms. The Morgan fingerprint density at radius 2 is 2.32 bits per heavy atom. The van der Waals surface area contributed by atoms with E-state index < -0.39 is 0 Å². The van der Waals surface area contributed by atoms with E-state index in [9.17, 15) is 0 Å². The van der Waals surface area contributed by atoms with E-state index in [1.807, 2.05) is 18.3 Å². The molecule has 3 nitrogen and oxygen atoms in total. The number of hydrogen-bond donors (Lipinski definition) is 1. The van der Waals surface area contributed by atoms with E-state index >= 15 is 0 Å². The Labute approximate surface area is 112 Å². The second-order valence-corrected chi connectivity index (χ2v) is 5.68. The van der Waals surface area contributed by atoms with Crippen LogP contribution in [-0.2, 0) is 0 Å². The minimum atomic E-state index is 0.773. The number of aromatic nitrogens is 1. The summed E-state index contributed by atoms with van der Waals surface area (Å²) < 4.78 is 5.94. The van der Waals surface area contributed by atoms with E-state index in [-0.39, 0.29) is 0 Å². The Balaban J connectivity index is 1.66. The van der Waals surface area contributed by atoms with Crippen LogP contribution in [0.4, 0.5) is 0 Å². The molecule has 98 valence electrons. The van der Waals surface area contributed by atoms with Crippen LogP contribution in [0.3, 0.4) is 0 Å². The maximum Gasteiger partial charge on any atom is 0.153 e. The van der Waals surface area contributed by atoms with Crippen molar-refractivity contribution in [1.29, 1.82) is 0 Å². The largest absolute Gasteiger partial charge is 0.455 e. The minimum Gasteiger partial charge on any atom is -0.455 e. The lowest BCUT2D eigenvalue weighted by atomic mass is 9.75. The van der Waals surface area contributed by atoms with Crippen molar-refractivity contribution < 1.29 is 4.42 Å². The molecule has 0 bridgehead atoms. The molecule has 1 saturated heterocycles. The second kappa shape index (κ2) is 4.49. The Morgan fingerprint density at radius 3 is 3.26 bits per heavy atom. The molecule has 2 aromatic rings. The molecule has 3 heterocycles. The summed E-state index contributed by atoms with van der Waals surface area (Å²) in [4.78, 5) is 4.34. The summed E-state index contributed by atoms with van der Waals surface area (Å²) in [5, 5.41) is 3.51. The fraction of sp³-hybridized carbons (Fsp3) is 0.438. The lowest BCUT2D eigenvalue weighted by Gasteiger charge is -2.35. The molecule has 0 unspecified atom stereocenters. The fourth-order valence-corrected chi connectivity index (χ4v) is 3.41. The van der Waals surface area contributed by atoms with Crippen LogP contribution in [0, 0.1) is 11.8 Å². The molecule has 2 atom stereocenters. The van der Waals surface area contributed by atoms with Gasteiger partial charge in [-0.2, -0.15) is 0 Å². The zero-order valence-electron chi connectivity index (χ0n) is 10.9. The lowest BCUT2D eigenvalue weighted by molar-refractivity contribution is 0.251. The number of hydrogen-bond acceptors (Lipinski definition) is 3. The first kappa shape index (κ1) is 11.2. The van der Waals surface area contributed by atoms with Gasteiger partial charge in [-0.1, -0.05) is 6.08 Å². The van der Waals surface area contributed by atoms with Gasteiger partial charge in [-0.25, -0.2) is 0 Å². The molecule has 1 N–H and O–H groups in total. The molecular formula is C16H18N2O. The van der Waals surface area contributed by atoms with Crippen molar-refractivity contribution in [1.82, 2.24) is 10.3 Å². The van der Waals surface area contributed by atoms with Crippen molar-refractivity contribution in [3.8, 4) is 0 Å². The number of furan rings is 1. The number of rotatable bonds is 1. The highest BCUT2D eigenvalue weighted by Gasteiger charge is 2.29. The molecule has 1 aliphatic carbocycles. The summed E-state index contributed by atoms with van der Waals surface area (Å²) in [6, 6.07) is 5.99. The Bertz CT molecular complexity index is 595. The van der Waals surface area contributed by atoms with Crippen molar-refractivity contribution in [2.45, 2.75) is 19.3 Å². The van der Waals surface area contributed by atoms with E-state index in [0.717, 1.165) is 41.7 Å². The van der Waals surface area contributed by atoms with Crippen LogP contribution in [0.15, 0.2) is 34.9 Å². The highest BCUT2D eigenvalue weighted by atomic mass is 16.3. The summed E-state index contributed by atoms with van der Waals surface area (Å²) >= 11 is 0. The van der Waals surface area contributed by atoms with Gasteiger partial charge in [0.1, 0.15) is 11.3 Å². The van der Waals surface area contributed by atoms with Gasteiger partial charge in [0.2, 0.25) is 0 Å². The molecule has 1 aliphatic heterocycles. The van der Waals surface area contributed by atoms with Crippen LogP contribution in [0.5, 0.6) is 0 Å². The van der Waals surface area contributed by atoms with Gasteiger partial charge in [0.05, 0.1) is 0 Å². The molecule has 2 aromatic heterocycles. The highest BCUT2D eigenvalue weighted by Crippen LogP contribution is 2.38. The van der Waals surface area contributed by atoms with Crippen LogP contribution in [-0.4, -0.2) is 18.1 Å². The molecule has 0 radical (unpaired) electrons. The minimum absolute atomic E-state index is 0.773. The maximum absolute atomic E-state index is 5.94. The normalized spacial score (nSPS) is 27.1. The van der Waals surface area contributed by atoms with E-state index in [1.54, 1.807) is 0 Å². The van der Waals surface area contributed by atoms with Crippen molar-refractivity contribution in [2.24, 2.45) is 11.8 Å². The molecule has 2 aliphatic rings. The predicted molar refractivity (Wildman–Crippen MR) is 75.7 cm³/mol.